The molecule has 1 aromatic carbocycles. The molecule has 0 bridgehead atoms. The van der Waals surface area contributed by atoms with E-state index in [1.165, 1.54) is 43.2 Å². The van der Waals surface area contributed by atoms with Crippen molar-refractivity contribution in [2.45, 2.75) is 64.0 Å². The number of benzene rings is 1. The molecule has 0 aliphatic heterocycles. The van der Waals surface area contributed by atoms with Gasteiger partial charge in [-0.15, -0.1) is 0 Å². The number of fused-ring (bicyclic) bond motifs is 1. The first kappa shape index (κ1) is 13.0. The smallest absolute Gasteiger partial charge is 0.123 e. The predicted octanol–water partition coefficient (Wildman–Crippen LogP) is 3.98. The van der Waals surface area contributed by atoms with Gasteiger partial charge in [-0.05, 0) is 61.6 Å². The van der Waals surface area contributed by atoms with E-state index in [2.05, 4.69) is 25.1 Å². The highest BCUT2D eigenvalue weighted by Gasteiger charge is 2.28. The standard InChI is InChI=1S/C17H25NO/c1-2-12-6-3-4-8-16(12)19-17-9-5-7-13-14(17)10-11-15(13)18/h5,7,9,12,15-16H,2-4,6,8,10-11,18H2,1H3. The monoisotopic (exact) mass is 259 g/mol. The Balaban J connectivity index is 1.80. The summed E-state index contributed by atoms with van der Waals surface area (Å²) in [6.07, 6.45) is 9.03. The summed E-state index contributed by atoms with van der Waals surface area (Å²) in [6, 6.07) is 6.62. The van der Waals surface area contributed by atoms with Gasteiger partial charge in [0.25, 0.3) is 0 Å². The van der Waals surface area contributed by atoms with Crippen LogP contribution in [0.15, 0.2) is 18.2 Å². The van der Waals surface area contributed by atoms with Crippen LogP contribution < -0.4 is 10.5 Å². The molecule has 0 radical (unpaired) electrons. The maximum Gasteiger partial charge on any atom is 0.123 e. The largest absolute Gasteiger partial charge is 0.490 e. The summed E-state index contributed by atoms with van der Waals surface area (Å²) < 4.78 is 6.39. The molecule has 1 fully saturated rings. The zero-order valence-electron chi connectivity index (χ0n) is 11.9. The molecule has 0 saturated heterocycles. The first-order chi connectivity index (χ1) is 9.29. The molecular weight excluding hydrogens is 234 g/mol. The van der Waals surface area contributed by atoms with E-state index in [1.807, 2.05) is 0 Å². The summed E-state index contributed by atoms with van der Waals surface area (Å²) in [6.45, 7) is 2.29. The summed E-state index contributed by atoms with van der Waals surface area (Å²) in [5, 5.41) is 0. The molecule has 19 heavy (non-hydrogen) atoms. The van der Waals surface area contributed by atoms with E-state index in [1.54, 1.807) is 0 Å². The highest BCUT2D eigenvalue weighted by atomic mass is 16.5. The van der Waals surface area contributed by atoms with Crippen molar-refractivity contribution in [1.82, 2.24) is 0 Å². The van der Waals surface area contributed by atoms with Gasteiger partial charge in [-0.2, -0.15) is 0 Å². The molecule has 3 unspecified atom stereocenters. The molecule has 2 N–H and O–H groups in total. The van der Waals surface area contributed by atoms with Crippen molar-refractivity contribution in [2.75, 3.05) is 0 Å². The van der Waals surface area contributed by atoms with Gasteiger partial charge in [-0.25, -0.2) is 0 Å². The van der Waals surface area contributed by atoms with Crippen LogP contribution in [-0.2, 0) is 6.42 Å². The van der Waals surface area contributed by atoms with E-state index >= 15 is 0 Å². The molecule has 2 heteroatoms. The molecule has 2 aliphatic carbocycles. The van der Waals surface area contributed by atoms with Gasteiger partial charge in [0.2, 0.25) is 0 Å². The van der Waals surface area contributed by atoms with Crippen molar-refractivity contribution in [2.24, 2.45) is 11.7 Å². The Morgan fingerprint density at radius 3 is 2.89 bits per heavy atom. The highest BCUT2D eigenvalue weighted by Crippen LogP contribution is 2.38. The number of hydrogen-bond acceptors (Lipinski definition) is 2. The minimum atomic E-state index is 0.215. The summed E-state index contributed by atoms with van der Waals surface area (Å²) in [4.78, 5) is 0. The van der Waals surface area contributed by atoms with Crippen LogP contribution in [0, 0.1) is 5.92 Å². The Kier molecular flexibility index (Phi) is 3.79. The first-order valence-electron chi connectivity index (χ1n) is 7.83. The van der Waals surface area contributed by atoms with E-state index < -0.39 is 0 Å². The highest BCUT2D eigenvalue weighted by molar-refractivity contribution is 5.45. The van der Waals surface area contributed by atoms with Gasteiger partial charge >= 0.3 is 0 Å². The molecule has 1 saturated carbocycles. The van der Waals surface area contributed by atoms with Crippen LogP contribution in [0.5, 0.6) is 5.75 Å². The van der Waals surface area contributed by atoms with Crippen molar-refractivity contribution in [3.8, 4) is 5.75 Å². The zero-order valence-corrected chi connectivity index (χ0v) is 11.9. The zero-order chi connectivity index (χ0) is 13.2. The third-order valence-corrected chi connectivity index (χ3v) is 4.92. The van der Waals surface area contributed by atoms with E-state index in [-0.39, 0.29) is 6.04 Å². The Morgan fingerprint density at radius 1 is 1.21 bits per heavy atom. The molecule has 2 aliphatic rings. The fourth-order valence-electron chi connectivity index (χ4n) is 3.72. The predicted molar refractivity (Wildman–Crippen MR) is 78.4 cm³/mol. The Labute approximate surface area is 116 Å². The van der Waals surface area contributed by atoms with Gasteiger partial charge in [-0.1, -0.05) is 25.5 Å². The minimum absolute atomic E-state index is 0.215. The van der Waals surface area contributed by atoms with Gasteiger partial charge in [0.15, 0.2) is 0 Å². The van der Waals surface area contributed by atoms with Crippen LogP contribution in [0.1, 0.15) is 62.6 Å². The van der Waals surface area contributed by atoms with Gasteiger partial charge in [0.1, 0.15) is 11.9 Å². The average molecular weight is 259 g/mol. The van der Waals surface area contributed by atoms with Crippen LogP contribution in [0.3, 0.4) is 0 Å². The van der Waals surface area contributed by atoms with E-state index in [0.29, 0.717) is 6.10 Å². The van der Waals surface area contributed by atoms with Gasteiger partial charge in [0.05, 0.1) is 0 Å². The summed E-state index contributed by atoms with van der Waals surface area (Å²) in [5.74, 6) is 1.84. The van der Waals surface area contributed by atoms with Crippen LogP contribution >= 0.6 is 0 Å². The maximum atomic E-state index is 6.39. The lowest BCUT2D eigenvalue weighted by atomic mass is 9.84. The van der Waals surface area contributed by atoms with Gasteiger partial charge in [-0.3, -0.25) is 0 Å². The van der Waals surface area contributed by atoms with Crippen molar-refractivity contribution >= 4 is 0 Å². The molecule has 3 atom stereocenters. The number of ether oxygens (including phenoxy) is 1. The van der Waals surface area contributed by atoms with Crippen molar-refractivity contribution < 1.29 is 4.74 Å². The number of nitrogens with two attached hydrogens (primary N) is 1. The lowest BCUT2D eigenvalue weighted by molar-refractivity contribution is 0.0895. The fourth-order valence-corrected chi connectivity index (χ4v) is 3.72. The second-order valence-electron chi connectivity index (χ2n) is 6.08. The van der Waals surface area contributed by atoms with E-state index in [4.69, 9.17) is 10.5 Å². The molecule has 1 aromatic rings. The molecule has 104 valence electrons. The van der Waals surface area contributed by atoms with Crippen molar-refractivity contribution in [3.05, 3.63) is 29.3 Å². The number of hydrogen-bond donors (Lipinski definition) is 1. The normalized spacial score (nSPS) is 30.1. The second kappa shape index (κ2) is 5.54. The Morgan fingerprint density at radius 2 is 2.05 bits per heavy atom. The lowest BCUT2D eigenvalue weighted by Gasteiger charge is -2.32. The first-order valence-corrected chi connectivity index (χ1v) is 7.83. The molecule has 0 aromatic heterocycles. The third-order valence-electron chi connectivity index (χ3n) is 4.92. The average Bonchev–Trinajstić information content (AvgIpc) is 2.82. The molecule has 2 nitrogen and oxygen atoms in total. The summed E-state index contributed by atoms with van der Waals surface area (Å²) in [5.41, 5.74) is 8.82. The van der Waals surface area contributed by atoms with E-state index in [9.17, 15) is 0 Å². The Bertz CT molecular complexity index is 443. The SMILES string of the molecule is CCC1CCCCC1Oc1cccc2c1CCC2N. The van der Waals surface area contributed by atoms with Crippen LogP contribution in [0.25, 0.3) is 0 Å². The van der Waals surface area contributed by atoms with Crippen molar-refractivity contribution in [1.29, 1.82) is 0 Å². The van der Waals surface area contributed by atoms with Crippen LogP contribution in [0.2, 0.25) is 0 Å². The van der Waals surface area contributed by atoms with Gasteiger partial charge in [0, 0.05) is 6.04 Å². The van der Waals surface area contributed by atoms with Crippen LogP contribution in [0.4, 0.5) is 0 Å². The molecule has 3 rings (SSSR count). The molecular formula is C17H25NO. The minimum Gasteiger partial charge on any atom is -0.490 e. The van der Waals surface area contributed by atoms with Crippen LogP contribution in [-0.4, -0.2) is 6.10 Å². The molecule has 0 spiro atoms. The summed E-state index contributed by atoms with van der Waals surface area (Å²) >= 11 is 0. The lowest BCUT2D eigenvalue weighted by Crippen LogP contribution is -2.30. The van der Waals surface area contributed by atoms with E-state index in [0.717, 1.165) is 24.5 Å². The topological polar surface area (TPSA) is 35.2 Å². The number of rotatable bonds is 3. The Hall–Kier alpha value is -1.02. The maximum absolute atomic E-state index is 6.39. The fraction of sp³-hybridized carbons (Fsp3) is 0.647. The second-order valence-corrected chi connectivity index (χ2v) is 6.08. The summed E-state index contributed by atoms with van der Waals surface area (Å²) in [7, 11) is 0. The van der Waals surface area contributed by atoms with Crippen molar-refractivity contribution in [3.63, 3.8) is 0 Å². The van der Waals surface area contributed by atoms with Gasteiger partial charge < -0.3 is 10.5 Å². The third kappa shape index (κ3) is 2.51. The quantitative estimate of drug-likeness (QED) is 0.891. The molecule has 0 amide bonds. The molecule has 0 heterocycles.